The predicted molar refractivity (Wildman–Crippen MR) is 208 cm³/mol. The van der Waals surface area contributed by atoms with E-state index in [1.54, 1.807) is 61.5 Å². The van der Waals surface area contributed by atoms with Gasteiger partial charge in [-0.2, -0.15) is 0 Å². The van der Waals surface area contributed by atoms with Gasteiger partial charge in [-0.25, -0.2) is 9.18 Å². The summed E-state index contributed by atoms with van der Waals surface area (Å²) in [5, 5.41) is 8.28. The van der Waals surface area contributed by atoms with Crippen LogP contribution < -0.4 is 16.0 Å². The molecule has 0 aliphatic heterocycles. The first kappa shape index (κ1) is 37.2. The first-order valence-corrected chi connectivity index (χ1v) is 19.0. The van der Waals surface area contributed by atoms with Crippen LogP contribution in [0.25, 0.3) is 6.08 Å². The molecule has 2 atom stereocenters. The zero-order chi connectivity index (χ0) is 37.3. The number of carbonyl (C=O) groups is 4. The molecule has 270 valence electrons. The third-order valence-electron chi connectivity index (χ3n) is 8.65. The summed E-state index contributed by atoms with van der Waals surface area (Å²) in [6, 6.07) is 30.6. The molecule has 1 aromatic heterocycles. The number of thioether (sulfide) groups is 1. The van der Waals surface area contributed by atoms with Crippen molar-refractivity contribution in [1.29, 1.82) is 0 Å². The van der Waals surface area contributed by atoms with E-state index in [4.69, 9.17) is 4.74 Å². The number of hydrogen-bond acceptors (Lipinski definition) is 7. The largest absolute Gasteiger partial charge is 0.462 e. The minimum Gasteiger partial charge on any atom is -0.462 e. The van der Waals surface area contributed by atoms with Gasteiger partial charge < -0.3 is 20.7 Å². The molecule has 0 saturated heterocycles. The summed E-state index contributed by atoms with van der Waals surface area (Å²) < 4.78 is 20.1. The van der Waals surface area contributed by atoms with Gasteiger partial charge in [0.1, 0.15) is 21.8 Å². The van der Waals surface area contributed by atoms with E-state index in [0.29, 0.717) is 32.6 Å². The van der Waals surface area contributed by atoms with E-state index < -0.39 is 28.9 Å². The SMILES string of the molecule is CCOC(=O)c1c(NC(=O)C(Sc2cccc(NC(=O)/C(=C/c3ccccc3F)NC(=O)c3ccccc3)c2)c2ccccc2)sc2c1CCC(C)C2. The van der Waals surface area contributed by atoms with E-state index >= 15 is 0 Å². The van der Waals surface area contributed by atoms with E-state index in [1.807, 2.05) is 36.4 Å². The smallest absolute Gasteiger partial charge is 0.341 e. The number of benzene rings is 4. The molecule has 1 aliphatic carbocycles. The van der Waals surface area contributed by atoms with Crippen LogP contribution in [0, 0.1) is 11.7 Å². The maximum absolute atomic E-state index is 14.6. The van der Waals surface area contributed by atoms with Gasteiger partial charge in [0.25, 0.3) is 11.8 Å². The van der Waals surface area contributed by atoms with Crippen LogP contribution in [-0.2, 0) is 27.2 Å². The van der Waals surface area contributed by atoms with Crippen molar-refractivity contribution in [3.63, 3.8) is 0 Å². The molecule has 8 nitrogen and oxygen atoms in total. The fourth-order valence-corrected chi connectivity index (χ4v) is 8.49. The topological polar surface area (TPSA) is 114 Å². The Kier molecular flexibility index (Phi) is 12.2. The van der Waals surface area contributed by atoms with E-state index in [0.717, 1.165) is 35.3 Å². The van der Waals surface area contributed by atoms with Gasteiger partial charge in [0.15, 0.2) is 0 Å². The second-order valence-electron chi connectivity index (χ2n) is 12.6. The summed E-state index contributed by atoms with van der Waals surface area (Å²) >= 11 is 2.72. The molecule has 3 N–H and O–H groups in total. The maximum atomic E-state index is 14.6. The van der Waals surface area contributed by atoms with Gasteiger partial charge in [-0.1, -0.05) is 79.7 Å². The van der Waals surface area contributed by atoms with Crippen LogP contribution in [0.5, 0.6) is 0 Å². The molecule has 0 spiro atoms. The normalized spacial score (nSPS) is 14.4. The molecule has 53 heavy (non-hydrogen) atoms. The molecule has 2 unspecified atom stereocenters. The third kappa shape index (κ3) is 9.29. The number of anilines is 2. The van der Waals surface area contributed by atoms with Crippen LogP contribution >= 0.6 is 23.1 Å². The standard InChI is InChI=1S/C42H38FN3O5S2/c1-3-51-42(50)36-32-22-21-26(2)23-35(32)53-41(36)46-40(49)37(27-13-6-4-7-14-27)52-31-19-12-18-30(25-31)44-39(48)34(24-29-17-10-11-20-33(29)43)45-38(47)28-15-8-5-9-16-28/h4-20,24-26,37H,3,21-23H2,1-2H3,(H,44,48)(H,45,47)(H,46,49)/b34-24-. The lowest BCUT2D eigenvalue weighted by Gasteiger charge is -2.19. The molecule has 11 heteroatoms. The van der Waals surface area contributed by atoms with Crippen LogP contribution in [0.15, 0.2) is 120 Å². The fraction of sp³-hybridized carbons (Fsp3) is 0.190. The summed E-state index contributed by atoms with van der Waals surface area (Å²) in [6.45, 7) is 4.17. The molecule has 5 aromatic rings. The highest BCUT2D eigenvalue weighted by Crippen LogP contribution is 2.42. The molecule has 3 amide bonds. The third-order valence-corrected chi connectivity index (χ3v) is 11.1. The minimum atomic E-state index is -0.725. The fourth-order valence-electron chi connectivity index (χ4n) is 6.01. The van der Waals surface area contributed by atoms with Crippen molar-refractivity contribution >= 4 is 63.6 Å². The van der Waals surface area contributed by atoms with Gasteiger partial charge in [-0.15, -0.1) is 23.1 Å². The number of rotatable bonds is 12. The molecule has 6 rings (SSSR count). The quantitative estimate of drug-likeness (QED) is 0.0667. The average molecular weight is 748 g/mol. The van der Waals surface area contributed by atoms with Gasteiger partial charge >= 0.3 is 5.97 Å². The molecule has 0 saturated carbocycles. The number of amides is 3. The van der Waals surface area contributed by atoms with E-state index in [-0.39, 0.29) is 23.8 Å². The number of nitrogens with one attached hydrogen (secondary N) is 3. The predicted octanol–water partition coefficient (Wildman–Crippen LogP) is 9.07. The summed E-state index contributed by atoms with van der Waals surface area (Å²) in [7, 11) is 0. The molecule has 4 aromatic carbocycles. The zero-order valence-electron chi connectivity index (χ0n) is 29.2. The number of hydrogen-bond donors (Lipinski definition) is 3. The Hall–Kier alpha value is -5.52. The van der Waals surface area contributed by atoms with Crippen LogP contribution in [0.2, 0.25) is 0 Å². The van der Waals surface area contributed by atoms with E-state index in [1.165, 1.54) is 47.4 Å². The highest BCUT2D eigenvalue weighted by atomic mass is 32.2. The summed E-state index contributed by atoms with van der Waals surface area (Å²) in [4.78, 5) is 55.8. The van der Waals surface area contributed by atoms with Crippen molar-refractivity contribution in [1.82, 2.24) is 5.32 Å². The Labute approximate surface area is 315 Å². The van der Waals surface area contributed by atoms with Crippen LogP contribution in [-0.4, -0.2) is 30.3 Å². The molecule has 0 fully saturated rings. The van der Waals surface area contributed by atoms with Gasteiger partial charge in [-0.3, -0.25) is 14.4 Å². The molecular weight excluding hydrogens is 710 g/mol. The number of carbonyl (C=O) groups excluding carboxylic acids is 4. The Morgan fingerprint density at radius 2 is 1.64 bits per heavy atom. The lowest BCUT2D eigenvalue weighted by Crippen LogP contribution is -2.30. The Balaban J connectivity index is 1.25. The van der Waals surface area contributed by atoms with Crippen molar-refractivity contribution in [3.05, 3.63) is 153 Å². The average Bonchev–Trinajstić information content (AvgIpc) is 3.52. The van der Waals surface area contributed by atoms with Crippen LogP contribution in [0.4, 0.5) is 15.1 Å². The molecule has 0 radical (unpaired) electrons. The van der Waals surface area contributed by atoms with Crippen molar-refractivity contribution in [2.45, 2.75) is 43.3 Å². The molecule has 0 bridgehead atoms. The Morgan fingerprint density at radius 3 is 2.38 bits per heavy atom. The number of esters is 1. The van der Waals surface area contributed by atoms with Crippen molar-refractivity contribution in [2.75, 3.05) is 17.2 Å². The highest BCUT2D eigenvalue weighted by molar-refractivity contribution is 8.00. The van der Waals surface area contributed by atoms with Crippen LogP contribution in [0.3, 0.4) is 0 Å². The summed E-state index contributed by atoms with van der Waals surface area (Å²) in [5.41, 5.74) is 2.83. The number of thiophene rings is 1. The van der Waals surface area contributed by atoms with E-state index in [9.17, 15) is 23.6 Å². The van der Waals surface area contributed by atoms with Gasteiger partial charge in [0, 0.05) is 26.6 Å². The van der Waals surface area contributed by atoms with Gasteiger partial charge in [0.05, 0.1) is 12.2 Å². The summed E-state index contributed by atoms with van der Waals surface area (Å²) in [5.74, 6) is -2.03. The zero-order valence-corrected chi connectivity index (χ0v) is 30.8. The molecule has 1 heterocycles. The van der Waals surface area contributed by atoms with Gasteiger partial charge in [0.2, 0.25) is 5.91 Å². The first-order valence-electron chi connectivity index (χ1n) is 17.3. The van der Waals surface area contributed by atoms with Crippen molar-refractivity contribution < 1.29 is 28.3 Å². The lowest BCUT2D eigenvalue weighted by molar-refractivity contribution is -0.116. The van der Waals surface area contributed by atoms with Crippen molar-refractivity contribution in [3.8, 4) is 0 Å². The highest BCUT2D eigenvalue weighted by Gasteiger charge is 2.31. The number of ether oxygens (including phenoxy) is 1. The van der Waals surface area contributed by atoms with Crippen molar-refractivity contribution in [2.24, 2.45) is 5.92 Å². The Bertz CT molecular complexity index is 2150. The van der Waals surface area contributed by atoms with Gasteiger partial charge in [-0.05, 0) is 85.7 Å². The molecular formula is C42H38FN3O5S2. The second-order valence-corrected chi connectivity index (χ2v) is 14.8. The lowest BCUT2D eigenvalue weighted by atomic mass is 9.88. The van der Waals surface area contributed by atoms with Crippen LogP contribution in [0.1, 0.15) is 67.8 Å². The summed E-state index contributed by atoms with van der Waals surface area (Å²) in [6.07, 6.45) is 3.83. The first-order chi connectivity index (χ1) is 25.7. The van der Waals surface area contributed by atoms with E-state index in [2.05, 4.69) is 22.9 Å². The Morgan fingerprint density at radius 1 is 0.925 bits per heavy atom. The number of halogens is 1. The number of fused-ring (bicyclic) bond motifs is 1. The second kappa shape index (κ2) is 17.3. The maximum Gasteiger partial charge on any atom is 0.341 e. The minimum absolute atomic E-state index is 0.124. The monoisotopic (exact) mass is 747 g/mol. The molecule has 1 aliphatic rings.